The molecule has 0 fully saturated rings. The van der Waals surface area contributed by atoms with Crippen LogP contribution in [0.1, 0.15) is 16.1 Å². The molecule has 2 N–H and O–H groups in total. The van der Waals surface area contributed by atoms with E-state index in [4.69, 9.17) is 0 Å². The Kier molecular flexibility index (Phi) is 6.46. The number of amides is 1. The first-order valence-electron chi connectivity index (χ1n) is 8.79. The maximum absolute atomic E-state index is 12.9. The number of benzene rings is 1. The van der Waals surface area contributed by atoms with Gasteiger partial charge in [-0.05, 0) is 30.4 Å². The number of sulfonamides is 1. The summed E-state index contributed by atoms with van der Waals surface area (Å²) in [7, 11) is -3.32. The van der Waals surface area contributed by atoms with Crippen molar-refractivity contribution in [1.29, 1.82) is 0 Å². The quantitative estimate of drug-likeness (QED) is 0.334. The summed E-state index contributed by atoms with van der Waals surface area (Å²) < 4.78 is 24.7. The summed E-state index contributed by atoms with van der Waals surface area (Å²) in [5.74, 6) is -0.398. The average Bonchev–Trinajstić information content (AvgIpc) is 2.69. The van der Waals surface area contributed by atoms with Crippen LogP contribution >= 0.6 is 11.8 Å². The zero-order chi connectivity index (χ0) is 21.0. The van der Waals surface area contributed by atoms with Crippen molar-refractivity contribution in [2.75, 3.05) is 25.6 Å². The van der Waals surface area contributed by atoms with Gasteiger partial charge < -0.3 is 5.32 Å². The van der Waals surface area contributed by atoms with Gasteiger partial charge in [0.15, 0.2) is 10.8 Å². The second-order valence-corrected chi connectivity index (χ2v) is 9.00. The third kappa shape index (κ3) is 5.28. The van der Waals surface area contributed by atoms with E-state index in [0.717, 1.165) is 22.8 Å². The van der Waals surface area contributed by atoms with E-state index in [1.54, 1.807) is 6.20 Å². The molecule has 2 heterocycles. The van der Waals surface area contributed by atoms with Crippen LogP contribution in [0.2, 0.25) is 0 Å². The van der Waals surface area contributed by atoms with E-state index in [9.17, 15) is 13.2 Å². The third-order valence-electron chi connectivity index (χ3n) is 4.15. The number of nitrogens with one attached hydrogen (secondary N) is 2. The number of thioether (sulfide) groups is 1. The highest BCUT2D eigenvalue weighted by molar-refractivity contribution is 7.98. The van der Waals surface area contributed by atoms with Crippen molar-refractivity contribution in [1.82, 2.24) is 25.0 Å². The lowest BCUT2D eigenvalue weighted by Crippen LogP contribution is -2.34. The summed E-state index contributed by atoms with van der Waals surface area (Å²) in [5, 5.41) is 4.02. The van der Waals surface area contributed by atoms with Gasteiger partial charge in [-0.3, -0.25) is 4.79 Å². The van der Waals surface area contributed by atoms with Crippen molar-refractivity contribution in [3.8, 4) is 11.1 Å². The van der Waals surface area contributed by atoms with E-state index < -0.39 is 15.9 Å². The van der Waals surface area contributed by atoms with Gasteiger partial charge in [-0.15, -0.1) is 0 Å². The number of fused-ring (bicyclic) bond motifs is 1. The summed E-state index contributed by atoms with van der Waals surface area (Å²) in [5.41, 5.74) is 3.22. The SMILES string of the molecule is CSc1ncc2cc(-c3ccccc3C)c(C(=O)NCCNS(C)(=O)=O)nc2n1. The van der Waals surface area contributed by atoms with Gasteiger partial charge in [-0.1, -0.05) is 36.0 Å². The minimum atomic E-state index is -3.32. The number of rotatable bonds is 7. The molecule has 0 bridgehead atoms. The van der Waals surface area contributed by atoms with Crippen LogP contribution in [0.3, 0.4) is 0 Å². The fourth-order valence-electron chi connectivity index (χ4n) is 2.80. The molecular weight excluding hydrogens is 410 g/mol. The standard InChI is InChI=1S/C19H21N5O3S2/c1-12-6-4-5-7-14(12)15-10-13-11-21-19(28-2)24-17(13)23-16(15)18(25)20-8-9-22-29(3,26)27/h4-7,10-11,22H,8-9H2,1-3H3,(H,20,25). The summed E-state index contributed by atoms with van der Waals surface area (Å²) in [6.07, 6.45) is 4.63. The van der Waals surface area contributed by atoms with Crippen LogP contribution in [0.4, 0.5) is 0 Å². The number of carbonyl (C=O) groups excluding carboxylic acids is 1. The van der Waals surface area contributed by atoms with Crippen LogP contribution in [0.5, 0.6) is 0 Å². The molecule has 152 valence electrons. The Balaban J connectivity index is 2.01. The summed E-state index contributed by atoms with van der Waals surface area (Å²) >= 11 is 1.39. The topological polar surface area (TPSA) is 114 Å². The molecule has 0 saturated heterocycles. The molecule has 0 aliphatic carbocycles. The largest absolute Gasteiger partial charge is 0.349 e. The lowest BCUT2D eigenvalue weighted by atomic mass is 9.98. The highest BCUT2D eigenvalue weighted by atomic mass is 32.2. The molecule has 0 aliphatic rings. The van der Waals surface area contributed by atoms with Crippen molar-refractivity contribution in [2.45, 2.75) is 12.1 Å². The molecule has 0 atom stereocenters. The molecule has 0 unspecified atom stereocenters. The summed E-state index contributed by atoms with van der Waals surface area (Å²) in [6, 6.07) is 9.58. The molecule has 8 nitrogen and oxygen atoms in total. The maximum atomic E-state index is 12.9. The first-order valence-corrected chi connectivity index (χ1v) is 11.9. The zero-order valence-electron chi connectivity index (χ0n) is 16.3. The molecule has 1 amide bonds. The van der Waals surface area contributed by atoms with E-state index in [0.29, 0.717) is 16.4 Å². The Morgan fingerprint density at radius 2 is 1.90 bits per heavy atom. The molecule has 0 saturated carbocycles. The fourth-order valence-corrected chi connectivity index (χ4v) is 3.60. The van der Waals surface area contributed by atoms with Crippen LogP contribution in [0, 0.1) is 6.92 Å². The third-order valence-corrected chi connectivity index (χ3v) is 5.44. The Morgan fingerprint density at radius 1 is 1.14 bits per heavy atom. The first-order chi connectivity index (χ1) is 13.8. The lowest BCUT2D eigenvalue weighted by molar-refractivity contribution is 0.0950. The second kappa shape index (κ2) is 8.85. The van der Waals surface area contributed by atoms with Crippen LogP contribution in [-0.4, -0.2) is 54.9 Å². The smallest absolute Gasteiger partial charge is 0.270 e. The molecule has 3 aromatic rings. The van der Waals surface area contributed by atoms with Crippen molar-refractivity contribution < 1.29 is 13.2 Å². The first kappa shape index (κ1) is 21.2. The molecule has 10 heteroatoms. The fraction of sp³-hybridized carbons (Fsp3) is 0.263. The van der Waals surface area contributed by atoms with Crippen molar-refractivity contribution in [3.05, 3.63) is 47.8 Å². The normalized spacial score (nSPS) is 11.6. The van der Waals surface area contributed by atoms with E-state index >= 15 is 0 Å². The van der Waals surface area contributed by atoms with Crippen LogP contribution in [0.25, 0.3) is 22.2 Å². The highest BCUT2D eigenvalue weighted by Crippen LogP contribution is 2.29. The minimum absolute atomic E-state index is 0.0939. The van der Waals surface area contributed by atoms with Crippen LogP contribution in [0.15, 0.2) is 41.7 Å². The molecule has 0 aliphatic heterocycles. The van der Waals surface area contributed by atoms with Gasteiger partial charge in [0.2, 0.25) is 10.0 Å². The number of nitrogens with zero attached hydrogens (tertiary/aromatic N) is 3. The number of carbonyl (C=O) groups is 1. The number of pyridine rings is 1. The maximum Gasteiger partial charge on any atom is 0.270 e. The van der Waals surface area contributed by atoms with Crippen molar-refractivity contribution >= 4 is 38.7 Å². The van der Waals surface area contributed by atoms with Gasteiger partial charge in [0, 0.05) is 30.2 Å². The summed E-state index contributed by atoms with van der Waals surface area (Å²) in [4.78, 5) is 26.1. The second-order valence-electron chi connectivity index (χ2n) is 6.39. The molecular formula is C19H21N5O3S2. The molecule has 3 rings (SSSR count). The van der Waals surface area contributed by atoms with Crippen molar-refractivity contribution in [2.24, 2.45) is 0 Å². The van der Waals surface area contributed by atoms with Gasteiger partial charge in [-0.25, -0.2) is 28.1 Å². The molecule has 1 aromatic carbocycles. The zero-order valence-corrected chi connectivity index (χ0v) is 17.9. The Bertz CT molecular complexity index is 1170. The Morgan fingerprint density at radius 3 is 2.59 bits per heavy atom. The Hall–Kier alpha value is -2.56. The van der Waals surface area contributed by atoms with Gasteiger partial charge in [0.05, 0.1) is 6.26 Å². The minimum Gasteiger partial charge on any atom is -0.349 e. The number of aryl methyl sites for hydroxylation is 1. The van der Waals surface area contributed by atoms with Crippen LogP contribution < -0.4 is 10.0 Å². The molecule has 0 radical (unpaired) electrons. The number of hydrogen-bond donors (Lipinski definition) is 2. The van der Waals surface area contributed by atoms with Gasteiger partial charge in [0.25, 0.3) is 5.91 Å². The van der Waals surface area contributed by atoms with E-state index in [-0.39, 0.29) is 18.8 Å². The predicted octanol–water partition coefficient (Wildman–Crippen LogP) is 2.00. The average molecular weight is 432 g/mol. The van der Waals surface area contributed by atoms with Gasteiger partial charge in [-0.2, -0.15) is 0 Å². The monoisotopic (exact) mass is 431 g/mol. The molecule has 0 spiro atoms. The molecule has 2 aromatic heterocycles. The highest BCUT2D eigenvalue weighted by Gasteiger charge is 2.18. The number of hydrogen-bond acceptors (Lipinski definition) is 7. The van der Waals surface area contributed by atoms with Crippen molar-refractivity contribution in [3.63, 3.8) is 0 Å². The van der Waals surface area contributed by atoms with Gasteiger partial charge in [0.1, 0.15) is 5.69 Å². The summed E-state index contributed by atoms with van der Waals surface area (Å²) in [6.45, 7) is 2.19. The van der Waals surface area contributed by atoms with Gasteiger partial charge >= 0.3 is 0 Å². The number of aromatic nitrogens is 3. The Labute approximate surface area is 173 Å². The predicted molar refractivity (Wildman–Crippen MR) is 114 cm³/mol. The van der Waals surface area contributed by atoms with Crippen LogP contribution in [-0.2, 0) is 10.0 Å². The molecule has 29 heavy (non-hydrogen) atoms. The van der Waals surface area contributed by atoms with E-state index in [2.05, 4.69) is 25.0 Å². The van der Waals surface area contributed by atoms with E-state index in [1.807, 2.05) is 43.5 Å². The lowest BCUT2D eigenvalue weighted by Gasteiger charge is -2.13. The van der Waals surface area contributed by atoms with E-state index in [1.165, 1.54) is 11.8 Å².